The maximum Gasteiger partial charge on any atom is 0.220 e. The Bertz CT molecular complexity index is 485. The average molecular weight is 355 g/mol. The number of aryl methyl sites for hydroxylation is 1. The second-order valence-electron chi connectivity index (χ2n) is 6.65. The number of carbonyl (C=O) groups is 1. The van der Waals surface area contributed by atoms with Gasteiger partial charge in [0.1, 0.15) is 5.75 Å². The van der Waals surface area contributed by atoms with E-state index in [4.69, 9.17) is 10.5 Å². The van der Waals surface area contributed by atoms with E-state index in [1.807, 2.05) is 12.1 Å². The molecule has 136 valence electrons. The Kier molecular flexibility index (Phi) is 9.16. The highest BCUT2D eigenvalue weighted by Crippen LogP contribution is 2.28. The van der Waals surface area contributed by atoms with Crippen molar-refractivity contribution in [3.8, 4) is 5.75 Å². The number of carbonyl (C=O) groups excluding carboxylic acids is 1. The van der Waals surface area contributed by atoms with Crippen LogP contribution in [0.25, 0.3) is 0 Å². The summed E-state index contributed by atoms with van der Waals surface area (Å²) in [5.41, 5.74) is 7.07. The number of unbranched alkanes of at least 4 members (excludes halogenated alkanes) is 2. The van der Waals surface area contributed by atoms with Crippen molar-refractivity contribution in [3.05, 3.63) is 29.8 Å². The van der Waals surface area contributed by atoms with Crippen LogP contribution in [-0.4, -0.2) is 25.1 Å². The van der Waals surface area contributed by atoms with Gasteiger partial charge < -0.3 is 15.8 Å². The zero-order valence-electron chi connectivity index (χ0n) is 14.7. The van der Waals surface area contributed by atoms with Crippen molar-refractivity contribution in [1.29, 1.82) is 0 Å². The SMILES string of the molecule is COc1ccc(CCCCCC(=O)NC2(CN)CCCC2)cc1.Cl. The molecule has 3 N–H and O–H groups in total. The third kappa shape index (κ3) is 6.33. The standard InChI is InChI=1S/C19H30N2O2.ClH/c1-23-17-11-9-16(10-12-17)7-3-2-4-8-18(22)21-19(15-20)13-5-6-14-19;/h9-12H,2-8,13-15,20H2,1H3,(H,21,22);1H. The minimum absolute atomic E-state index is 0. The van der Waals surface area contributed by atoms with Gasteiger partial charge >= 0.3 is 0 Å². The summed E-state index contributed by atoms with van der Waals surface area (Å²) in [5.74, 6) is 1.06. The molecular weight excluding hydrogens is 324 g/mol. The van der Waals surface area contributed by atoms with E-state index < -0.39 is 0 Å². The van der Waals surface area contributed by atoms with E-state index in [9.17, 15) is 4.79 Å². The molecule has 1 aromatic carbocycles. The molecule has 0 radical (unpaired) electrons. The summed E-state index contributed by atoms with van der Waals surface area (Å²) in [6.45, 7) is 0.566. The first-order chi connectivity index (χ1) is 11.2. The number of methoxy groups -OCH3 is 1. The predicted molar refractivity (Wildman–Crippen MR) is 101 cm³/mol. The molecule has 1 aromatic rings. The maximum absolute atomic E-state index is 12.1. The van der Waals surface area contributed by atoms with Crippen molar-refractivity contribution < 1.29 is 9.53 Å². The van der Waals surface area contributed by atoms with Crippen molar-refractivity contribution in [2.45, 2.75) is 63.3 Å². The first-order valence-corrected chi connectivity index (χ1v) is 8.81. The quantitative estimate of drug-likeness (QED) is 0.666. The van der Waals surface area contributed by atoms with E-state index in [0.29, 0.717) is 13.0 Å². The van der Waals surface area contributed by atoms with Crippen LogP contribution in [0.15, 0.2) is 24.3 Å². The van der Waals surface area contributed by atoms with Crippen molar-refractivity contribution in [2.24, 2.45) is 5.73 Å². The number of hydrogen-bond donors (Lipinski definition) is 2. The van der Waals surface area contributed by atoms with Crippen LogP contribution in [0.2, 0.25) is 0 Å². The van der Waals surface area contributed by atoms with Gasteiger partial charge in [-0.1, -0.05) is 31.4 Å². The third-order valence-electron chi connectivity index (χ3n) is 4.88. The van der Waals surface area contributed by atoms with Crippen LogP contribution < -0.4 is 15.8 Å². The minimum atomic E-state index is -0.111. The maximum atomic E-state index is 12.1. The summed E-state index contributed by atoms with van der Waals surface area (Å²) >= 11 is 0. The average Bonchev–Trinajstić information content (AvgIpc) is 3.04. The van der Waals surface area contributed by atoms with E-state index in [2.05, 4.69) is 17.4 Å². The highest BCUT2D eigenvalue weighted by atomic mass is 35.5. The summed E-state index contributed by atoms with van der Waals surface area (Å²) in [5, 5.41) is 3.19. The number of benzene rings is 1. The van der Waals surface area contributed by atoms with Gasteiger partial charge in [-0.05, 0) is 49.8 Å². The van der Waals surface area contributed by atoms with E-state index in [1.54, 1.807) is 7.11 Å². The van der Waals surface area contributed by atoms with Gasteiger partial charge in [0, 0.05) is 13.0 Å². The molecule has 0 saturated heterocycles. The van der Waals surface area contributed by atoms with Crippen molar-refractivity contribution in [1.82, 2.24) is 5.32 Å². The molecule has 24 heavy (non-hydrogen) atoms. The van der Waals surface area contributed by atoms with Crippen LogP contribution in [0.5, 0.6) is 5.75 Å². The lowest BCUT2D eigenvalue weighted by molar-refractivity contribution is -0.123. The second-order valence-corrected chi connectivity index (χ2v) is 6.65. The summed E-state index contributed by atoms with van der Waals surface area (Å²) in [4.78, 5) is 12.1. The molecule has 1 amide bonds. The van der Waals surface area contributed by atoms with Crippen LogP contribution >= 0.6 is 12.4 Å². The summed E-state index contributed by atoms with van der Waals surface area (Å²) in [6, 6.07) is 8.21. The normalized spacial score (nSPS) is 15.6. The molecule has 2 rings (SSSR count). The summed E-state index contributed by atoms with van der Waals surface area (Å²) in [6.07, 6.45) is 9.24. The summed E-state index contributed by atoms with van der Waals surface area (Å²) < 4.78 is 5.16. The first kappa shape index (κ1) is 20.8. The van der Waals surface area contributed by atoms with E-state index >= 15 is 0 Å². The van der Waals surface area contributed by atoms with Gasteiger partial charge in [-0.2, -0.15) is 0 Å². The van der Waals surface area contributed by atoms with Crippen LogP contribution in [0.3, 0.4) is 0 Å². The van der Waals surface area contributed by atoms with Crippen molar-refractivity contribution in [3.63, 3.8) is 0 Å². The third-order valence-corrected chi connectivity index (χ3v) is 4.88. The summed E-state index contributed by atoms with van der Waals surface area (Å²) in [7, 11) is 1.68. The Morgan fingerprint density at radius 3 is 2.42 bits per heavy atom. The number of amides is 1. The highest BCUT2D eigenvalue weighted by Gasteiger charge is 2.33. The largest absolute Gasteiger partial charge is 0.497 e. The lowest BCUT2D eigenvalue weighted by atomic mass is 9.97. The van der Waals surface area contributed by atoms with E-state index in [0.717, 1.165) is 44.3 Å². The Hall–Kier alpha value is -1.26. The molecule has 1 aliphatic rings. The fourth-order valence-corrected chi connectivity index (χ4v) is 3.37. The molecule has 0 aliphatic heterocycles. The molecule has 0 atom stereocenters. The van der Waals surface area contributed by atoms with Crippen LogP contribution in [-0.2, 0) is 11.2 Å². The monoisotopic (exact) mass is 354 g/mol. The second kappa shape index (κ2) is 10.6. The number of ether oxygens (including phenoxy) is 1. The topological polar surface area (TPSA) is 64.3 Å². The molecule has 4 nitrogen and oxygen atoms in total. The molecule has 0 heterocycles. The molecular formula is C19H31ClN2O2. The highest BCUT2D eigenvalue weighted by molar-refractivity contribution is 5.85. The van der Waals surface area contributed by atoms with Crippen molar-refractivity contribution in [2.75, 3.05) is 13.7 Å². The fourth-order valence-electron chi connectivity index (χ4n) is 3.37. The Balaban J connectivity index is 0.00000288. The minimum Gasteiger partial charge on any atom is -0.497 e. The Morgan fingerprint density at radius 1 is 1.17 bits per heavy atom. The lowest BCUT2D eigenvalue weighted by Crippen LogP contribution is -2.51. The Labute approximate surface area is 151 Å². The van der Waals surface area contributed by atoms with Crippen LogP contribution in [0, 0.1) is 0 Å². The zero-order chi connectivity index (χ0) is 16.5. The smallest absolute Gasteiger partial charge is 0.220 e. The molecule has 0 unspecified atom stereocenters. The lowest BCUT2D eigenvalue weighted by Gasteiger charge is -2.28. The first-order valence-electron chi connectivity index (χ1n) is 8.81. The van der Waals surface area contributed by atoms with Gasteiger partial charge in [0.05, 0.1) is 12.6 Å². The van der Waals surface area contributed by atoms with Crippen molar-refractivity contribution >= 4 is 18.3 Å². The number of rotatable bonds is 9. The molecule has 1 saturated carbocycles. The Morgan fingerprint density at radius 2 is 1.83 bits per heavy atom. The molecule has 0 spiro atoms. The number of halogens is 1. The van der Waals surface area contributed by atoms with Gasteiger partial charge in [-0.3, -0.25) is 4.79 Å². The van der Waals surface area contributed by atoms with Crippen LogP contribution in [0.1, 0.15) is 56.9 Å². The molecule has 5 heteroatoms. The zero-order valence-corrected chi connectivity index (χ0v) is 15.5. The number of nitrogens with one attached hydrogen (secondary N) is 1. The van der Waals surface area contributed by atoms with E-state index in [1.165, 1.54) is 18.4 Å². The van der Waals surface area contributed by atoms with Gasteiger partial charge in [0.2, 0.25) is 5.91 Å². The van der Waals surface area contributed by atoms with Gasteiger partial charge in [-0.25, -0.2) is 0 Å². The predicted octanol–water partition coefficient (Wildman–Crippen LogP) is 3.61. The molecule has 0 aromatic heterocycles. The molecule has 0 bridgehead atoms. The van der Waals surface area contributed by atoms with E-state index in [-0.39, 0.29) is 23.9 Å². The molecule has 1 aliphatic carbocycles. The number of hydrogen-bond acceptors (Lipinski definition) is 3. The molecule has 1 fully saturated rings. The fraction of sp³-hybridized carbons (Fsp3) is 0.632. The van der Waals surface area contributed by atoms with Gasteiger partial charge in [0.15, 0.2) is 0 Å². The number of nitrogens with two attached hydrogens (primary N) is 1. The van der Waals surface area contributed by atoms with Crippen LogP contribution in [0.4, 0.5) is 0 Å². The van der Waals surface area contributed by atoms with Gasteiger partial charge in [-0.15, -0.1) is 12.4 Å². The van der Waals surface area contributed by atoms with Gasteiger partial charge in [0.25, 0.3) is 0 Å².